The summed E-state index contributed by atoms with van der Waals surface area (Å²) in [7, 11) is 0. The van der Waals surface area contributed by atoms with Crippen molar-refractivity contribution in [3.8, 4) is 11.4 Å². The van der Waals surface area contributed by atoms with Crippen LogP contribution in [0.2, 0.25) is 0 Å². The van der Waals surface area contributed by atoms with Crippen LogP contribution in [0.5, 0.6) is 0 Å². The van der Waals surface area contributed by atoms with Gasteiger partial charge >= 0.3 is 5.97 Å². The monoisotopic (exact) mass is 252 g/mol. The summed E-state index contributed by atoms with van der Waals surface area (Å²) in [6.07, 6.45) is 4.64. The summed E-state index contributed by atoms with van der Waals surface area (Å²) in [4.78, 5) is 27.3. The lowest BCUT2D eigenvalue weighted by Gasteiger charge is -2.02. The third-order valence-electron chi connectivity index (χ3n) is 2.60. The maximum Gasteiger partial charge on any atom is 0.354 e. The zero-order chi connectivity index (χ0) is 13.2. The summed E-state index contributed by atoms with van der Waals surface area (Å²) in [6, 6.07) is 6.72. The zero-order valence-corrected chi connectivity index (χ0v) is 9.69. The molecule has 0 aliphatic rings. The number of carboxylic acids is 1. The van der Waals surface area contributed by atoms with Gasteiger partial charge in [0.1, 0.15) is 0 Å². The highest BCUT2D eigenvalue weighted by atomic mass is 16.4. The third kappa shape index (κ3) is 2.11. The fraction of sp³-hybridized carbons (Fsp3) is 0. The third-order valence-corrected chi connectivity index (χ3v) is 2.60. The molecule has 0 fully saturated rings. The quantitative estimate of drug-likeness (QED) is 0.747. The molecule has 6 nitrogen and oxygen atoms in total. The van der Waals surface area contributed by atoms with Crippen LogP contribution in [0.1, 0.15) is 10.5 Å². The number of hydrogen-bond donors (Lipinski definition) is 1. The summed E-state index contributed by atoms with van der Waals surface area (Å²) in [5.41, 5.74) is 2.14. The molecule has 3 aromatic rings. The number of carbonyl (C=O) groups is 1. The molecule has 0 radical (unpaired) electrons. The van der Waals surface area contributed by atoms with Crippen molar-refractivity contribution in [2.75, 3.05) is 0 Å². The predicted molar refractivity (Wildman–Crippen MR) is 67.5 cm³/mol. The molecule has 0 aliphatic heterocycles. The molecule has 0 atom stereocenters. The highest BCUT2D eigenvalue weighted by molar-refractivity contribution is 5.86. The Bertz CT molecular complexity index is 773. The normalized spacial score (nSPS) is 10.5. The Morgan fingerprint density at radius 3 is 2.53 bits per heavy atom. The standard InChI is InChI=1S/C13H8N4O2/c18-13(19)10-3-4-16-12(17-10)8-1-2-9-11(7-8)15-6-5-14-9/h1-7H,(H,18,19). The Kier molecular flexibility index (Phi) is 2.60. The minimum absolute atomic E-state index is 0.0377. The molecule has 0 aliphatic carbocycles. The van der Waals surface area contributed by atoms with Gasteiger partial charge in [-0.3, -0.25) is 9.97 Å². The summed E-state index contributed by atoms with van der Waals surface area (Å²) < 4.78 is 0. The van der Waals surface area contributed by atoms with Gasteiger partial charge in [0.05, 0.1) is 11.0 Å². The van der Waals surface area contributed by atoms with E-state index in [1.54, 1.807) is 30.6 Å². The van der Waals surface area contributed by atoms with Crippen molar-refractivity contribution >= 4 is 17.0 Å². The van der Waals surface area contributed by atoms with Crippen LogP contribution < -0.4 is 0 Å². The molecule has 2 heterocycles. The van der Waals surface area contributed by atoms with Crippen LogP contribution in [0.3, 0.4) is 0 Å². The van der Waals surface area contributed by atoms with E-state index in [9.17, 15) is 4.79 Å². The van der Waals surface area contributed by atoms with E-state index in [4.69, 9.17) is 5.11 Å². The lowest BCUT2D eigenvalue weighted by molar-refractivity contribution is 0.0690. The summed E-state index contributed by atoms with van der Waals surface area (Å²) in [5, 5.41) is 8.92. The van der Waals surface area contributed by atoms with Crippen LogP contribution in [-0.4, -0.2) is 31.0 Å². The number of fused-ring (bicyclic) bond motifs is 1. The first-order valence-corrected chi connectivity index (χ1v) is 5.51. The lowest BCUT2D eigenvalue weighted by Crippen LogP contribution is -2.02. The van der Waals surface area contributed by atoms with Crippen LogP contribution >= 0.6 is 0 Å². The molecule has 3 rings (SSSR count). The van der Waals surface area contributed by atoms with Crippen molar-refractivity contribution in [1.82, 2.24) is 19.9 Å². The van der Waals surface area contributed by atoms with E-state index in [0.717, 1.165) is 5.52 Å². The average molecular weight is 252 g/mol. The number of aromatic carboxylic acids is 1. The Hall–Kier alpha value is -2.89. The number of aromatic nitrogens is 4. The number of benzene rings is 1. The number of carboxylic acid groups (broad SMARTS) is 1. The number of nitrogens with zero attached hydrogens (tertiary/aromatic N) is 4. The smallest absolute Gasteiger partial charge is 0.354 e. The number of rotatable bonds is 2. The van der Waals surface area contributed by atoms with Crippen LogP contribution in [-0.2, 0) is 0 Å². The fourth-order valence-corrected chi connectivity index (χ4v) is 1.72. The Morgan fingerprint density at radius 2 is 1.74 bits per heavy atom. The molecule has 0 saturated heterocycles. The molecule has 0 bridgehead atoms. The van der Waals surface area contributed by atoms with Crippen LogP contribution in [0, 0.1) is 0 Å². The number of hydrogen-bond acceptors (Lipinski definition) is 5. The van der Waals surface area contributed by atoms with Crippen LogP contribution in [0.15, 0.2) is 42.9 Å². The molecule has 1 aromatic carbocycles. The van der Waals surface area contributed by atoms with Crippen molar-refractivity contribution in [2.24, 2.45) is 0 Å². The highest BCUT2D eigenvalue weighted by Gasteiger charge is 2.08. The summed E-state index contributed by atoms with van der Waals surface area (Å²) in [5.74, 6) is -0.725. The first-order valence-electron chi connectivity index (χ1n) is 5.51. The van der Waals surface area contributed by atoms with Gasteiger partial charge in [-0.15, -0.1) is 0 Å². The SMILES string of the molecule is O=C(O)c1ccnc(-c2ccc3nccnc3c2)n1. The predicted octanol–water partition coefficient (Wildman–Crippen LogP) is 1.79. The van der Waals surface area contributed by atoms with Gasteiger partial charge in [0.25, 0.3) is 0 Å². The largest absolute Gasteiger partial charge is 0.477 e. The van der Waals surface area contributed by atoms with Crippen LogP contribution in [0.25, 0.3) is 22.4 Å². The lowest BCUT2D eigenvalue weighted by atomic mass is 10.2. The van der Waals surface area contributed by atoms with Gasteiger partial charge in [-0.2, -0.15) is 0 Å². The second-order valence-electron chi connectivity index (χ2n) is 3.83. The molecular formula is C13H8N4O2. The zero-order valence-electron chi connectivity index (χ0n) is 9.69. The molecule has 0 amide bonds. The van der Waals surface area contributed by atoms with E-state index >= 15 is 0 Å². The second-order valence-corrected chi connectivity index (χ2v) is 3.83. The molecular weight excluding hydrogens is 244 g/mol. The van der Waals surface area contributed by atoms with E-state index in [-0.39, 0.29) is 5.69 Å². The fourth-order valence-electron chi connectivity index (χ4n) is 1.72. The topological polar surface area (TPSA) is 88.9 Å². The molecule has 92 valence electrons. The Morgan fingerprint density at radius 1 is 0.947 bits per heavy atom. The molecule has 19 heavy (non-hydrogen) atoms. The molecule has 6 heteroatoms. The van der Waals surface area contributed by atoms with E-state index in [0.29, 0.717) is 16.9 Å². The average Bonchev–Trinajstić information content (AvgIpc) is 2.47. The van der Waals surface area contributed by atoms with Gasteiger partial charge in [-0.05, 0) is 24.3 Å². The maximum absolute atomic E-state index is 10.9. The van der Waals surface area contributed by atoms with Crippen molar-refractivity contribution in [3.05, 3.63) is 48.5 Å². The summed E-state index contributed by atoms with van der Waals surface area (Å²) in [6.45, 7) is 0. The van der Waals surface area contributed by atoms with E-state index in [1.807, 2.05) is 0 Å². The van der Waals surface area contributed by atoms with Crippen molar-refractivity contribution in [2.45, 2.75) is 0 Å². The maximum atomic E-state index is 10.9. The van der Waals surface area contributed by atoms with Gasteiger partial charge in [-0.1, -0.05) is 0 Å². The van der Waals surface area contributed by atoms with E-state index in [1.165, 1.54) is 12.3 Å². The minimum atomic E-state index is -1.08. The van der Waals surface area contributed by atoms with Gasteiger partial charge in [-0.25, -0.2) is 14.8 Å². The second kappa shape index (κ2) is 4.41. The van der Waals surface area contributed by atoms with Crippen molar-refractivity contribution in [1.29, 1.82) is 0 Å². The first-order chi connectivity index (χ1) is 9.24. The molecule has 2 aromatic heterocycles. The molecule has 1 N–H and O–H groups in total. The molecule has 0 spiro atoms. The van der Waals surface area contributed by atoms with Gasteiger partial charge in [0, 0.05) is 24.2 Å². The minimum Gasteiger partial charge on any atom is -0.477 e. The van der Waals surface area contributed by atoms with E-state index < -0.39 is 5.97 Å². The van der Waals surface area contributed by atoms with Crippen molar-refractivity contribution in [3.63, 3.8) is 0 Å². The highest BCUT2D eigenvalue weighted by Crippen LogP contribution is 2.19. The summed E-state index contributed by atoms with van der Waals surface area (Å²) >= 11 is 0. The van der Waals surface area contributed by atoms with Gasteiger partial charge in [0.2, 0.25) is 0 Å². The molecule has 0 unspecified atom stereocenters. The van der Waals surface area contributed by atoms with Gasteiger partial charge in [0.15, 0.2) is 11.5 Å². The first kappa shape index (κ1) is 11.2. The van der Waals surface area contributed by atoms with E-state index in [2.05, 4.69) is 19.9 Å². The van der Waals surface area contributed by atoms with Crippen molar-refractivity contribution < 1.29 is 9.90 Å². The van der Waals surface area contributed by atoms with Crippen LogP contribution in [0.4, 0.5) is 0 Å². The van der Waals surface area contributed by atoms with Gasteiger partial charge < -0.3 is 5.11 Å². The Balaban J connectivity index is 2.13. The Labute approximate surface area is 107 Å². The molecule has 0 saturated carbocycles.